The van der Waals surface area contributed by atoms with Crippen LogP contribution in [0.3, 0.4) is 0 Å². The summed E-state index contributed by atoms with van der Waals surface area (Å²) in [5.74, 6) is 0.126. The zero-order chi connectivity index (χ0) is 14.7. The Hall–Kier alpha value is -1.81. The van der Waals surface area contributed by atoms with Gasteiger partial charge in [0.25, 0.3) is 0 Å². The number of fused-ring (bicyclic) bond motifs is 1. The normalized spacial score (nSPS) is 17.2. The van der Waals surface area contributed by atoms with Gasteiger partial charge in [0.2, 0.25) is 5.91 Å². The molecule has 1 aliphatic carbocycles. The highest BCUT2D eigenvalue weighted by Gasteiger charge is 2.22. The van der Waals surface area contributed by atoms with Crippen LogP contribution in [-0.2, 0) is 17.6 Å². The fourth-order valence-electron chi connectivity index (χ4n) is 2.91. The molecule has 3 rings (SSSR count). The molecule has 1 atom stereocenters. The van der Waals surface area contributed by atoms with Gasteiger partial charge in [0.1, 0.15) is 0 Å². The second-order valence-electron chi connectivity index (χ2n) is 5.56. The number of hydrogen-bond donors (Lipinski definition) is 2. The average molecular weight is 300 g/mol. The van der Waals surface area contributed by atoms with E-state index in [0.29, 0.717) is 6.42 Å². The molecule has 1 unspecified atom stereocenters. The van der Waals surface area contributed by atoms with Crippen LogP contribution < -0.4 is 11.1 Å². The van der Waals surface area contributed by atoms with Crippen LogP contribution >= 0.6 is 11.3 Å². The van der Waals surface area contributed by atoms with Gasteiger partial charge in [0, 0.05) is 17.0 Å². The number of carbonyl (C=O) groups excluding carboxylic acids is 1. The summed E-state index contributed by atoms with van der Waals surface area (Å²) in [6, 6.07) is 10.1. The summed E-state index contributed by atoms with van der Waals surface area (Å²) in [6.45, 7) is 0. The molecule has 1 aliphatic rings. The van der Waals surface area contributed by atoms with E-state index in [1.54, 1.807) is 11.3 Å². The van der Waals surface area contributed by atoms with E-state index in [4.69, 9.17) is 5.73 Å². The molecule has 1 aromatic heterocycles. The van der Waals surface area contributed by atoms with E-state index < -0.39 is 0 Å². The lowest BCUT2D eigenvalue weighted by atomic mass is 9.94. The summed E-state index contributed by atoms with van der Waals surface area (Å²) >= 11 is 1.80. The molecule has 0 saturated carbocycles. The highest BCUT2D eigenvalue weighted by molar-refractivity contribution is 7.10. The average Bonchev–Trinajstić information content (AvgIpc) is 2.95. The molecule has 0 fully saturated rings. The fourth-order valence-corrected chi connectivity index (χ4v) is 3.90. The van der Waals surface area contributed by atoms with Crippen LogP contribution in [0.5, 0.6) is 0 Å². The van der Waals surface area contributed by atoms with Crippen molar-refractivity contribution in [2.75, 3.05) is 5.73 Å². The summed E-state index contributed by atoms with van der Waals surface area (Å²) in [5.41, 5.74) is 8.95. The van der Waals surface area contributed by atoms with Gasteiger partial charge >= 0.3 is 0 Å². The molecule has 0 aliphatic heterocycles. The van der Waals surface area contributed by atoms with Crippen molar-refractivity contribution in [3.8, 4) is 0 Å². The maximum atomic E-state index is 12.2. The summed E-state index contributed by atoms with van der Waals surface area (Å²) < 4.78 is 0. The number of thiophene rings is 1. The van der Waals surface area contributed by atoms with Crippen LogP contribution in [0.4, 0.5) is 5.69 Å². The van der Waals surface area contributed by atoms with E-state index in [0.717, 1.165) is 36.9 Å². The number of rotatable bonds is 4. The summed E-state index contributed by atoms with van der Waals surface area (Å²) in [7, 11) is 0. The molecule has 1 amide bonds. The van der Waals surface area contributed by atoms with E-state index >= 15 is 0 Å². The molecular formula is C17H20N2OS. The minimum Gasteiger partial charge on any atom is -0.399 e. The number of aryl methyl sites for hydroxylation is 2. The third kappa shape index (κ3) is 3.45. The standard InChI is InChI=1S/C17H20N2OS/c18-13-4-1-3-12(11-13)7-8-17(20)19-15-5-2-6-16-14(15)9-10-21-16/h1,3-4,9-11,15H,2,5-8,18H2,(H,19,20). The van der Waals surface area contributed by atoms with Gasteiger partial charge in [-0.25, -0.2) is 0 Å². The molecule has 3 N–H and O–H groups in total. The number of nitrogens with two attached hydrogens (primary N) is 1. The lowest BCUT2D eigenvalue weighted by Crippen LogP contribution is -2.30. The van der Waals surface area contributed by atoms with E-state index in [2.05, 4.69) is 16.8 Å². The molecule has 1 aromatic carbocycles. The van der Waals surface area contributed by atoms with Crippen molar-refractivity contribution in [3.63, 3.8) is 0 Å². The summed E-state index contributed by atoms with van der Waals surface area (Å²) in [4.78, 5) is 13.6. The molecule has 1 heterocycles. The Bertz CT molecular complexity index is 635. The second-order valence-corrected chi connectivity index (χ2v) is 6.56. The van der Waals surface area contributed by atoms with Crippen molar-refractivity contribution in [3.05, 3.63) is 51.7 Å². The molecule has 0 bridgehead atoms. The van der Waals surface area contributed by atoms with Gasteiger partial charge in [0.15, 0.2) is 0 Å². The Balaban J connectivity index is 1.56. The molecule has 0 saturated heterocycles. The Kier molecular flexibility index (Phi) is 4.25. The molecule has 110 valence electrons. The van der Waals surface area contributed by atoms with Gasteiger partial charge in [-0.05, 0) is 60.4 Å². The van der Waals surface area contributed by atoms with Gasteiger partial charge in [-0.3, -0.25) is 4.79 Å². The predicted molar refractivity (Wildman–Crippen MR) is 87.3 cm³/mol. The van der Waals surface area contributed by atoms with Crippen LogP contribution in [0, 0.1) is 0 Å². The van der Waals surface area contributed by atoms with E-state index in [-0.39, 0.29) is 11.9 Å². The maximum Gasteiger partial charge on any atom is 0.220 e. The van der Waals surface area contributed by atoms with Crippen molar-refractivity contribution in [2.24, 2.45) is 0 Å². The van der Waals surface area contributed by atoms with Crippen LogP contribution in [0.1, 0.15) is 41.3 Å². The Morgan fingerprint density at radius 1 is 1.38 bits per heavy atom. The quantitative estimate of drug-likeness (QED) is 0.850. The topological polar surface area (TPSA) is 55.1 Å². The third-order valence-electron chi connectivity index (χ3n) is 3.98. The SMILES string of the molecule is Nc1cccc(CCC(=O)NC2CCCc3sccc32)c1. The van der Waals surface area contributed by atoms with Crippen LogP contribution in [0.2, 0.25) is 0 Å². The zero-order valence-corrected chi connectivity index (χ0v) is 12.8. The molecule has 3 nitrogen and oxygen atoms in total. The Morgan fingerprint density at radius 3 is 3.14 bits per heavy atom. The molecule has 21 heavy (non-hydrogen) atoms. The second kappa shape index (κ2) is 6.31. The fraction of sp³-hybridized carbons (Fsp3) is 0.353. The Labute approximate surface area is 129 Å². The van der Waals surface area contributed by atoms with Gasteiger partial charge in [0.05, 0.1) is 6.04 Å². The van der Waals surface area contributed by atoms with Crippen LogP contribution in [0.15, 0.2) is 35.7 Å². The summed E-state index contributed by atoms with van der Waals surface area (Å²) in [6.07, 6.45) is 4.61. The minimum atomic E-state index is 0.126. The predicted octanol–water partition coefficient (Wildman–Crippen LogP) is 3.46. The van der Waals surface area contributed by atoms with E-state index in [9.17, 15) is 4.79 Å². The first kappa shape index (κ1) is 14.1. The van der Waals surface area contributed by atoms with Crippen molar-refractivity contribution in [2.45, 2.75) is 38.1 Å². The van der Waals surface area contributed by atoms with Gasteiger partial charge in [-0.1, -0.05) is 12.1 Å². The molecule has 0 radical (unpaired) electrons. The number of anilines is 1. The maximum absolute atomic E-state index is 12.2. The number of hydrogen-bond acceptors (Lipinski definition) is 3. The molecule has 2 aromatic rings. The number of nitrogen functional groups attached to an aromatic ring is 1. The lowest BCUT2D eigenvalue weighted by molar-refractivity contribution is -0.121. The summed E-state index contributed by atoms with van der Waals surface area (Å²) in [5, 5.41) is 5.31. The highest BCUT2D eigenvalue weighted by Crippen LogP contribution is 2.33. The zero-order valence-electron chi connectivity index (χ0n) is 12.0. The molecular weight excluding hydrogens is 280 g/mol. The van der Waals surface area contributed by atoms with E-state index in [1.165, 1.54) is 10.4 Å². The first-order valence-corrected chi connectivity index (χ1v) is 8.30. The highest BCUT2D eigenvalue weighted by atomic mass is 32.1. The minimum absolute atomic E-state index is 0.126. The van der Waals surface area contributed by atoms with Gasteiger partial charge < -0.3 is 11.1 Å². The van der Waals surface area contributed by atoms with Gasteiger partial charge in [-0.2, -0.15) is 0 Å². The smallest absolute Gasteiger partial charge is 0.220 e. The largest absolute Gasteiger partial charge is 0.399 e. The number of benzene rings is 1. The molecule has 0 spiro atoms. The van der Waals surface area contributed by atoms with Crippen molar-refractivity contribution < 1.29 is 4.79 Å². The third-order valence-corrected chi connectivity index (χ3v) is 4.98. The Morgan fingerprint density at radius 2 is 2.29 bits per heavy atom. The molecule has 4 heteroatoms. The van der Waals surface area contributed by atoms with Crippen molar-refractivity contribution in [1.82, 2.24) is 5.32 Å². The van der Waals surface area contributed by atoms with Crippen LogP contribution in [0.25, 0.3) is 0 Å². The van der Waals surface area contributed by atoms with E-state index in [1.807, 2.05) is 24.3 Å². The lowest BCUT2D eigenvalue weighted by Gasteiger charge is -2.23. The van der Waals surface area contributed by atoms with Crippen molar-refractivity contribution >= 4 is 22.9 Å². The van der Waals surface area contributed by atoms with Crippen molar-refractivity contribution in [1.29, 1.82) is 0 Å². The monoisotopic (exact) mass is 300 g/mol. The van der Waals surface area contributed by atoms with Crippen LogP contribution in [-0.4, -0.2) is 5.91 Å². The number of amides is 1. The first-order valence-electron chi connectivity index (χ1n) is 7.42. The number of nitrogens with one attached hydrogen (secondary N) is 1. The first-order chi connectivity index (χ1) is 10.2. The number of carbonyl (C=O) groups is 1. The van der Waals surface area contributed by atoms with Gasteiger partial charge in [-0.15, -0.1) is 11.3 Å².